The van der Waals surface area contributed by atoms with Crippen LogP contribution in [0.25, 0.3) is 0 Å². The zero-order valence-corrected chi connectivity index (χ0v) is 16.3. The second-order valence-electron chi connectivity index (χ2n) is 6.27. The van der Waals surface area contributed by atoms with Gasteiger partial charge in [0.2, 0.25) is 0 Å². The van der Waals surface area contributed by atoms with E-state index in [4.69, 9.17) is 21.1 Å². The lowest BCUT2D eigenvalue weighted by molar-refractivity contribution is -0.123. The topological polar surface area (TPSA) is 64.6 Å². The first-order valence-corrected chi connectivity index (χ1v) is 9.25. The van der Waals surface area contributed by atoms with Gasteiger partial charge in [0, 0.05) is 29.3 Å². The van der Waals surface area contributed by atoms with E-state index in [0.29, 0.717) is 35.1 Å². The molecule has 0 bridgehead atoms. The molecule has 1 amide bonds. The molecule has 0 radical (unpaired) electrons. The van der Waals surface area contributed by atoms with Gasteiger partial charge in [-0.25, -0.2) is 0 Å². The van der Waals surface area contributed by atoms with Crippen LogP contribution in [0.4, 0.5) is 0 Å². The average Bonchev–Trinajstić information content (AvgIpc) is 2.66. The molecule has 0 aromatic heterocycles. The van der Waals surface area contributed by atoms with E-state index in [-0.39, 0.29) is 24.4 Å². The minimum absolute atomic E-state index is 0.0739. The van der Waals surface area contributed by atoms with Crippen molar-refractivity contribution in [3.05, 3.63) is 64.7 Å². The number of benzene rings is 2. The summed E-state index contributed by atoms with van der Waals surface area (Å²) >= 11 is 5.84. The number of ketones is 1. The first-order valence-electron chi connectivity index (χ1n) is 8.87. The van der Waals surface area contributed by atoms with Gasteiger partial charge in [-0.15, -0.1) is 0 Å². The number of nitrogens with one attached hydrogen (secondary N) is 1. The van der Waals surface area contributed by atoms with E-state index in [1.54, 1.807) is 48.5 Å². The minimum Gasteiger partial charge on any atom is -0.484 e. The first-order chi connectivity index (χ1) is 13.0. The molecule has 2 aromatic carbocycles. The third kappa shape index (κ3) is 7.41. The Morgan fingerprint density at radius 3 is 2.19 bits per heavy atom. The number of hydrogen-bond acceptors (Lipinski definition) is 4. The van der Waals surface area contributed by atoms with Crippen LogP contribution in [0.3, 0.4) is 0 Å². The molecule has 2 rings (SSSR count). The van der Waals surface area contributed by atoms with Gasteiger partial charge >= 0.3 is 0 Å². The van der Waals surface area contributed by atoms with Crippen molar-refractivity contribution >= 4 is 23.3 Å². The number of amides is 1. The van der Waals surface area contributed by atoms with Gasteiger partial charge < -0.3 is 14.8 Å². The summed E-state index contributed by atoms with van der Waals surface area (Å²) < 4.78 is 10.9. The summed E-state index contributed by atoms with van der Waals surface area (Å²) in [4.78, 5) is 24.1. The van der Waals surface area contributed by atoms with Gasteiger partial charge in [0.05, 0.1) is 6.10 Å². The van der Waals surface area contributed by atoms with Crippen molar-refractivity contribution in [2.24, 2.45) is 0 Å². The lowest BCUT2D eigenvalue weighted by Gasteiger charge is -2.09. The molecule has 144 valence electrons. The van der Waals surface area contributed by atoms with E-state index in [9.17, 15) is 9.59 Å². The summed E-state index contributed by atoms with van der Waals surface area (Å²) in [5.41, 5.74) is 1.10. The maximum atomic E-state index is 12.4. The molecule has 0 aliphatic carbocycles. The lowest BCUT2D eigenvalue weighted by Crippen LogP contribution is -2.30. The zero-order valence-electron chi connectivity index (χ0n) is 15.5. The predicted octanol–water partition coefficient (Wildman–Crippen LogP) is 3.88. The zero-order chi connectivity index (χ0) is 19.6. The Morgan fingerprint density at radius 2 is 1.59 bits per heavy atom. The number of carbonyl (C=O) groups excluding carboxylic acids is 2. The molecule has 0 saturated heterocycles. The van der Waals surface area contributed by atoms with Gasteiger partial charge in [0.25, 0.3) is 5.91 Å². The van der Waals surface area contributed by atoms with E-state index < -0.39 is 0 Å². The molecule has 6 heteroatoms. The Bertz CT molecular complexity index is 742. The van der Waals surface area contributed by atoms with Gasteiger partial charge in [-0.1, -0.05) is 11.6 Å². The highest BCUT2D eigenvalue weighted by atomic mass is 35.5. The second-order valence-corrected chi connectivity index (χ2v) is 6.71. The lowest BCUT2D eigenvalue weighted by atomic mass is 10.0. The molecular weight excluding hydrogens is 366 g/mol. The Labute approximate surface area is 164 Å². The molecule has 0 aliphatic rings. The van der Waals surface area contributed by atoms with Crippen molar-refractivity contribution in [2.45, 2.75) is 26.4 Å². The molecule has 2 aromatic rings. The summed E-state index contributed by atoms with van der Waals surface area (Å²) in [6.07, 6.45) is 0.949. The van der Waals surface area contributed by atoms with Crippen LogP contribution in [0.1, 0.15) is 36.2 Å². The Hall–Kier alpha value is -2.37. The molecular formula is C21H24ClNO4. The van der Waals surface area contributed by atoms with Crippen molar-refractivity contribution in [2.75, 3.05) is 19.8 Å². The van der Waals surface area contributed by atoms with Gasteiger partial charge in [-0.05, 0) is 68.8 Å². The van der Waals surface area contributed by atoms with Crippen molar-refractivity contribution in [3.63, 3.8) is 0 Å². The molecule has 0 saturated carbocycles. The number of carbonyl (C=O) groups is 2. The van der Waals surface area contributed by atoms with E-state index in [1.807, 2.05) is 13.8 Å². The quantitative estimate of drug-likeness (QED) is 0.494. The van der Waals surface area contributed by atoms with Crippen molar-refractivity contribution < 1.29 is 19.1 Å². The van der Waals surface area contributed by atoms with Gasteiger partial charge in [-0.2, -0.15) is 0 Å². The molecule has 0 fully saturated rings. The van der Waals surface area contributed by atoms with Gasteiger partial charge in [0.15, 0.2) is 12.4 Å². The molecule has 0 heterocycles. The number of halogens is 1. The molecule has 0 unspecified atom stereocenters. The maximum absolute atomic E-state index is 12.4. The molecule has 5 nitrogen and oxygen atoms in total. The van der Waals surface area contributed by atoms with Crippen molar-refractivity contribution in [3.8, 4) is 5.75 Å². The number of ether oxygens (including phenoxy) is 2. The van der Waals surface area contributed by atoms with Crippen LogP contribution >= 0.6 is 11.6 Å². The molecule has 0 spiro atoms. The highest BCUT2D eigenvalue weighted by molar-refractivity contribution is 6.30. The van der Waals surface area contributed by atoms with E-state index in [0.717, 1.165) is 6.42 Å². The normalized spacial score (nSPS) is 10.7. The standard InChI is InChI=1S/C21H24ClNO4/c1-15(2)26-13-3-12-23-20(24)14-27-19-10-6-17(7-11-19)21(25)16-4-8-18(22)9-5-16/h4-11,15H,3,12-14H2,1-2H3,(H,23,24). The number of hydrogen-bond donors (Lipinski definition) is 1. The third-order valence-electron chi connectivity index (χ3n) is 3.69. The highest BCUT2D eigenvalue weighted by Crippen LogP contribution is 2.17. The minimum atomic E-state index is -0.194. The summed E-state index contributed by atoms with van der Waals surface area (Å²) in [5, 5.41) is 3.36. The highest BCUT2D eigenvalue weighted by Gasteiger charge is 2.09. The van der Waals surface area contributed by atoms with Crippen molar-refractivity contribution in [1.82, 2.24) is 5.32 Å². The third-order valence-corrected chi connectivity index (χ3v) is 3.94. The van der Waals surface area contributed by atoms with E-state index in [2.05, 4.69) is 5.32 Å². The summed E-state index contributed by atoms with van der Waals surface area (Å²) in [6, 6.07) is 13.4. The van der Waals surface area contributed by atoms with Crippen molar-refractivity contribution in [1.29, 1.82) is 0 Å². The Balaban J connectivity index is 1.76. The van der Waals surface area contributed by atoms with Gasteiger partial charge in [-0.3, -0.25) is 9.59 Å². The molecule has 0 atom stereocenters. The fraction of sp³-hybridized carbons (Fsp3) is 0.333. The average molecular weight is 390 g/mol. The smallest absolute Gasteiger partial charge is 0.257 e. The fourth-order valence-electron chi connectivity index (χ4n) is 2.29. The van der Waals surface area contributed by atoms with E-state index >= 15 is 0 Å². The maximum Gasteiger partial charge on any atom is 0.257 e. The predicted molar refractivity (Wildman–Crippen MR) is 106 cm³/mol. The second kappa shape index (κ2) is 10.7. The van der Waals surface area contributed by atoms with Crippen LogP contribution in [-0.2, 0) is 9.53 Å². The van der Waals surface area contributed by atoms with E-state index in [1.165, 1.54) is 0 Å². The summed E-state index contributed by atoms with van der Waals surface area (Å²) in [6.45, 7) is 5.03. The SMILES string of the molecule is CC(C)OCCCNC(=O)COc1ccc(C(=O)c2ccc(Cl)cc2)cc1. The Kier molecular flexibility index (Phi) is 8.30. The largest absolute Gasteiger partial charge is 0.484 e. The van der Waals surface area contributed by atoms with Crippen LogP contribution in [0.5, 0.6) is 5.75 Å². The monoisotopic (exact) mass is 389 g/mol. The van der Waals surface area contributed by atoms with Crippen LogP contribution in [0, 0.1) is 0 Å². The molecule has 1 N–H and O–H groups in total. The summed E-state index contributed by atoms with van der Waals surface area (Å²) in [7, 11) is 0. The van der Waals surface area contributed by atoms with Gasteiger partial charge in [0.1, 0.15) is 5.75 Å². The first kappa shape index (κ1) is 20.9. The summed E-state index contributed by atoms with van der Waals surface area (Å²) in [5.74, 6) is 0.237. The number of rotatable bonds is 10. The fourth-order valence-corrected chi connectivity index (χ4v) is 2.42. The van der Waals surface area contributed by atoms with Crippen LogP contribution in [0.15, 0.2) is 48.5 Å². The Morgan fingerprint density at radius 1 is 1.00 bits per heavy atom. The van der Waals surface area contributed by atoms with Crippen LogP contribution in [0.2, 0.25) is 5.02 Å². The van der Waals surface area contributed by atoms with Crippen LogP contribution in [-0.4, -0.2) is 37.6 Å². The molecule has 27 heavy (non-hydrogen) atoms. The molecule has 0 aliphatic heterocycles. The van der Waals surface area contributed by atoms with Crippen LogP contribution < -0.4 is 10.1 Å².